The summed E-state index contributed by atoms with van der Waals surface area (Å²) in [5.41, 5.74) is 0. The fourth-order valence-electron chi connectivity index (χ4n) is 16.1. The van der Waals surface area contributed by atoms with Crippen molar-refractivity contribution < 1.29 is 0 Å². The molecule has 0 atom stereocenters. The van der Waals surface area contributed by atoms with Gasteiger partial charge in [0.2, 0.25) is 0 Å². The van der Waals surface area contributed by atoms with E-state index in [1.165, 1.54) is 62.2 Å². The standard InChI is InChI=1S/C72H60Si6/c1-13-37-61(38-14-1)73(62-39-15-2-16-40-62)74(63-41-17-3-18-42-63,64-43-19-4-20-44-64)76(67-49-25-7-26-50-67,68-51-27-8-28-52-68)78(71-57-33-11-34-58-71,72-59-35-12-36-60-72)77(69-53-29-9-30-54-69,70-55-31-10-32-56-70)75(73,65-45-21-5-22-46-65)66-47-23-6-24-48-66/h1-60H. The Hall–Kier alpha value is -8.06. The van der Waals surface area contributed by atoms with Gasteiger partial charge in [-0.05, 0) is 0 Å². The lowest BCUT2D eigenvalue weighted by atomic mass is 10.4. The first-order valence-corrected chi connectivity index (χ1v) is 45.4. The van der Waals surface area contributed by atoms with E-state index < -0.39 is 42.7 Å². The normalized spacial score (nSPS) is 16.3. The first kappa shape index (κ1) is 49.5. The van der Waals surface area contributed by atoms with Gasteiger partial charge in [-0.15, -0.1) is 0 Å². The average Bonchev–Trinajstić information content (AvgIpc) is 1.18. The summed E-state index contributed by atoms with van der Waals surface area (Å²) in [6, 6.07) is 149. The van der Waals surface area contributed by atoms with Crippen molar-refractivity contribution >= 4 is 105 Å². The zero-order valence-electron chi connectivity index (χ0n) is 43.6. The van der Waals surface area contributed by atoms with Crippen molar-refractivity contribution in [3.05, 3.63) is 364 Å². The molecule has 0 unspecified atom stereocenters. The third-order valence-electron chi connectivity index (χ3n) is 17.9. The van der Waals surface area contributed by atoms with Gasteiger partial charge in [-0.2, -0.15) is 0 Å². The number of benzene rings is 12. The van der Waals surface area contributed by atoms with Crippen LogP contribution in [0.3, 0.4) is 0 Å². The van der Waals surface area contributed by atoms with Crippen LogP contribution in [0, 0.1) is 0 Å². The molecule has 78 heavy (non-hydrogen) atoms. The van der Waals surface area contributed by atoms with Crippen LogP contribution >= 0.6 is 0 Å². The Morgan fingerprint density at radius 3 is 0.218 bits per heavy atom. The van der Waals surface area contributed by atoms with E-state index in [9.17, 15) is 0 Å². The molecule has 1 aliphatic heterocycles. The lowest BCUT2D eigenvalue weighted by Crippen LogP contribution is -3.25. The third-order valence-corrected chi connectivity index (χ3v) is 134. The van der Waals surface area contributed by atoms with Crippen molar-refractivity contribution in [2.75, 3.05) is 0 Å². The van der Waals surface area contributed by atoms with Crippen LogP contribution in [-0.4, -0.2) is 42.7 Å². The molecular formula is C72H60Si6. The van der Waals surface area contributed by atoms with Crippen LogP contribution in [0.2, 0.25) is 0 Å². The highest BCUT2D eigenvalue weighted by atomic mass is 30.2. The maximum Gasteiger partial charge on any atom is 0.121 e. The molecule has 1 fully saturated rings. The fraction of sp³-hybridized carbons (Fsp3) is 0. The van der Waals surface area contributed by atoms with Crippen molar-refractivity contribution in [3.8, 4) is 0 Å². The summed E-state index contributed by atoms with van der Waals surface area (Å²) in [4.78, 5) is 0. The quantitative estimate of drug-likeness (QED) is 0.109. The maximum atomic E-state index is 2.66. The first-order chi connectivity index (χ1) is 38.8. The Kier molecular flexibility index (Phi) is 13.1. The minimum Gasteiger partial charge on any atom is -0.0631 e. The summed E-state index contributed by atoms with van der Waals surface area (Å²) in [7, 11) is -23.3. The van der Waals surface area contributed by atoms with Crippen LogP contribution in [0.5, 0.6) is 0 Å². The topological polar surface area (TPSA) is 0 Å². The highest BCUT2D eigenvalue weighted by Gasteiger charge is 2.95. The van der Waals surface area contributed by atoms with Crippen LogP contribution in [0.1, 0.15) is 0 Å². The second-order valence-electron chi connectivity index (χ2n) is 20.9. The zero-order chi connectivity index (χ0) is 52.4. The molecule has 1 aliphatic rings. The second kappa shape index (κ2) is 20.7. The van der Waals surface area contributed by atoms with Gasteiger partial charge in [0.05, 0.1) is 0 Å². The summed E-state index contributed by atoms with van der Waals surface area (Å²) in [6.45, 7) is 0. The van der Waals surface area contributed by atoms with Gasteiger partial charge in [0, 0.05) is 0 Å². The molecule has 0 N–H and O–H groups in total. The summed E-state index contributed by atoms with van der Waals surface area (Å²) in [5, 5.41) is 18.4. The van der Waals surface area contributed by atoms with E-state index in [0.717, 1.165) is 0 Å². The molecule has 0 radical (unpaired) electrons. The van der Waals surface area contributed by atoms with E-state index in [1.807, 2.05) is 0 Å². The molecular weight excluding hydrogens is 1030 g/mol. The molecule has 6 heteroatoms. The van der Waals surface area contributed by atoms with Crippen molar-refractivity contribution in [3.63, 3.8) is 0 Å². The Morgan fingerprint density at radius 1 is 0.0897 bits per heavy atom. The lowest BCUT2D eigenvalue weighted by Gasteiger charge is -2.79. The molecule has 0 nitrogen and oxygen atoms in total. The molecule has 0 spiro atoms. The van der Waals surface area contributed by atoms with E-state index in [4.69, 9.17) is 0 Å². The highest BCUT2D eigenvalue weighted by Crippen LogP contribution is 2.51. The molecule has 0 amide bonds. The first-order valence-electron chi connectivity index (χ1n) is 27.4. The predicted octanol–water partition coefficient (Wildman–Crippen LogP) is 8.05. The van der Waals surface area contributed by atoms with Gasteiger partial charge in [-0.25, -0.2) is 0 Å². The fourth-order valence-corrected chi connectivity index (χ4v) is 236. The van der Waals surface area contributed by atoms with E-state index in [2.05, 4.69) is 364 Å². The largest absolute Gasteiger partial charge is 0.121 e. The van der Waals surface area contributed by atoms with E-state index in [1.54, 1.807) is 0 Å². The van der Waals surface area contributed by atoms with Gasteiger partial charge in [-0.3, -0.25) is 0 Å². The molecule has 1 heterocycles. The molecule has 1 saturated heterocycles. The SMILES string of the molecule is c1ccc([Si]2(c3ccccc3)[Si](c3ccccc3)(c3ccccc3)[Si](c3ccccc3)(c3ccccc3)[Si](c3ccccc3)(c3ccccc3)[Si](c3ccccc3)(c3ccccc3)[Si]2(c2ccccc2)c2ccccc2)cc1. The molecule has 0 bridgehead atoms. The lowest BCUT2D eigenvalue weighted by molar-refractivity contribution is 1.67. The van der Waals surface area contributed by atoms with Gasteiger partial charge in [0.15, 0.2) is 0 Å². The summed E-state index contributed by atoms with van der Waals surface area (Å²) < 4.78 is 0. The second-order valence-corrected chi connectivity index (χ2v) is 72.8. The Balaban J connectivity index is 1.59. The number of rotatable bonds is 12. The molecule has 0 aromatic heterocycles. The summed E-state index contributed by atoms with van der Waals surface area (Å²) in [6.07, 6.45) is 0. The highest BCUT2D eigenvalue weighted by molar-refractivity contribution is 8.27. The molecule has 0 saturated carbocycles. The smallest absolute Gasteiger partial charge is 0.0631 e. The van der Waals surface area contributed by atoms with E-state index in [-0.39, 0.29) is 0 Å². The maximum absolute atomic E-state index is 3.88. The van der Waals surface area contributed by atoms with Crippen LogP contribution < -0.4 is 62.2 Å². The minimum absolute atomic E-state index is 1.53. The van der Waals surface area contributed by atoms with Crippen molar-refractivity contribution in [2.45, 2.75) is 0 Å². The Bertz CT molecular complexity index is 2930. The number of hydrogen-bond donors (Lipinski definition) is 0. The van der Waals surface area contributed by atoms with E-state index in [0.29, 0.717) is 0 Å². The number of hydrogen-bond acceptors (Lipinski definition) is 0. The van der Waals surface area contributed by atoms with Crippen LogP contribution in [0.15, 0.2) is 364 Å². The van der Waals surface area contributed by atoms with Gasteiger partial charge < -0.3 is 0 Å². The van der Waals surface area contributed by atoms with Crippen molar-refractivity contribution in [2.24, 2.45) is 0 Å². The predicted molar refractivity (Wildman–Crippen MR) is 347 cm³/mol. The van der Waals surface area contributed by atoms with Crippen LogP contribution in [0.25, 0.3) is 0 Å². The van der Waals surface area contributed by atoms with E-state index >= 15 is 0 Å². The van der Waals surface area contributed by atoms with Gasteiger partial charge >= 0.3 is 0 Å². The molecule has 0 aliphatic carbocycles. The average molecular weight is 1090 g/mol. The van der Waals surface area contributed by atoms with Crippen molar-refractivity contribution in [1.82, 2.24) is 0 Å². The third kappa shape index (κ3) is 6.65. The van der Waals surface area contributed by atoms with Crippen LogP contribution in [-0.2, 0) is 0 Å². The zero-order valence-corrected chi connectivity index (χ0v) is 49.6. The summed E-state index contributed by atoms with van der Waals surface area (Å²) >= 11 is 0. The molecule has 13 rings (SSSR count). The van der Waals surface area contributed by atoms with Crippen LogP contribution in [0.4, 0.5) is 0 Å². The monoisotopic (exact) mass is 1090 g/mol. The van der Waals surface area contributed by atoms with Gasteiger partial charge in [-0.1, -0.05) is 426 Å². The van der Waals surface area contributed by atoms with Gasteiger partial charge in [0.1, 0.15) is 42.7 Å². The molecule has 12 aromatic rings. The molecule has 372 valence electrons. The van der Waals surface area contributed by atoms with Gasteiger partial charge in [0.25, 0.3) is 0 Å². The molecule has 12 aromatic carbocycles. The Morgan fingerprint density at radius 2 is 0.154 bits per heavy atom. The Labute approximate surface area is 465 Å². The summed E-state index contributed by atoms with van der Waals surface area (Å²) in [5.74, 6) is 0. The minimum atomic E-state index is -3.88. The van der Waals surface area contributed by atoms with Crippen molar-refractivity contribution in [1.29, 1.82) is 0 Å².